The maximum atomic E-state index is 14.1. The molecular formula is C32H45N3O7S. The number of methoxy groups -OCH3 is 1. The van der Waals surface area contributed by atoms with E-state index in [0.29, 0.717) is 31.6 Å². The van der Waals surface area contributed by atoms with Crippen molar-refractivity contribution in [2.75, 3.05) is 12.9 Å². The summed E-state index contributed by atoms with van der Waals surface area (Å²) < 4.78 is 19.9. The van der Waals surface area contributed by atoms with Crippen LogP contribution in [0.5, 0.6) is 0 Å². The first kappa shape index (κ1) is 33.1. The SMILES string of the molecule is CCC1OC(=O)C(C)C(=O)C(C)CC(C)(OC)CC(C)C(=O)C(C)C2C(SCCn3cnc4cccnc43)C(=O)OC12C. The van der Waals surface area contributed by atoms with Gasteiger partial charge in [-0.2, -0.15) is 0 Å². The van der Waals surface area contributed by atoms with Gasteiger partial charge in [0.1, 0.15) is 34.4 Å². The van der Waals surface area contributed by atoms with Gasteiger partial charge in [-0.15, -0.1) is 11.8 Å². The van der Waals surface area contributed by atoms with E-state index in [2.05, 4.69) is 9.97 Å². The minimum atomic E-state index is -1.26. The predicted molar refractivity (Wildman–Crippen MR) is 163 cm³/mol. The van der Waals surface area contributed by atoms with Gasteiger partial charge < -0.3 is 18.8 Å². The average Bonchev–Trinajstić information content (AvgIpc) is 3.51. The highest BCUT2D eigenvalue weighted by molar-refractivity contribution is 8.00. The molecule has 4 heterocycles. The smallest absolute Gasteiger partial charge is 0.320 e. The van der Waals surface area contributed by atoms with Crippen LogP contribution in [0.15, 0.2) is 24.7 Å². The van der Waals surface area contributed by atoms with E-state index in [1.54, 1.807) is 40.4 Å². The summed E-state index contributed by atoms with van der Waals surface area (Å²) in [7, 11) is 1.58. The van der Waals surface area contributed by atoms with Crippen molar-refractivity contribution in [2.45, 2.75) is 96.8 Å². The predicted octanol–water partition coefficient (Wildman–Crippen LogP) is 4.67. The van der Waals surface area contributed by atoms with Crippen molar-refractivity contribution in [2.24, 2.45) is 29.6 Å². The molecule has 2 saturated heterocycles. The van der Waals surface area contributed by atoms with Gasteiger partial charge in [-0.25, -0.2) is 9.97 Å². The van der Waals surface area contributed by atoms with Gasteiger partial charge in [0.2, 0.25) is 0 Å². The molecular weight excluding hydrogens is 570 g/mol. The number of thioether (sulfide) groups is 1. The number of Topliss-reactive ketones (excluding diaryl/α,β-unsaturated/α-hetero) is 2. The van der Waals surface area contributed by atoms with Crippen molar-refractivity contribution < 1.29 is 33.4 Å². The summed E-state index contributed by atoms with van der Waals surface area (Å²) in [5.41, 5.74) is -0.475. The van der Waals surface area contributed by atoms with E-state index in [4.69, 9.17) is 14.2 Å². The van der Waals surface area contributed by atoms with Crippen LogP contribution in [0.25, 0.3) is 11.2 Å². The van der Waals surface area contributed by atoms with E-state index < -0.39 is 64.1 Å². The van der Waals surface area contributed by atoms with Crippen LogP contribution in [0.1, 0.15) is 67.7 Å². The Hall–Kier alpha value is -2.79. The summed E-state index contributed by atoms with van der Waals surface area (Å²) in [5, 5.41) is -0.660. The molecule has 2 aliphatic rings. The number of esters is 2. The number of ether oxygens (including phenoxy) is 3. The van der Waals surface area contributed by atoms with Gasteiger partial charge in [-0.3, -0.25) is 19.2 Å². The minimum Gasteiger partial charge on any atom is -0.458 e. The Balaban J connectivity index is 1.68. The Morgan fingerprint density at radius 2 is 1.70 bits per heavy atom. The third kappa shape index (κ3) is 6.53. The molecule has 9 unspecified atom stereocenters. The second kappa shape index (κ2) is 13.1. The van der Waals surface area contributed by atoms with Crippen molar-refractivity contribution >= 4 is 46.4 Å². The number of nitrogens with zero attached hydrogens (tertiary/aromatic N) is 3. The van der Waals surface area contributed by atoms with E-state index >= 15 is 0 Å². The molecule has 2 aromatic heterocycles. The number of hydrogen-bond donors (Lipinski definition) is 0. The van der Waals surface area contributed by atoms with Crippen LogP contribution in [-0.4, -0.2) is 73.5 Å². The van der Waals surface area contributed by atoms with Crippen LogP contribution in [0.4, 0.5) is 0 Å². The Bertz CT molecular complexity index is 1360. The van der Waals surface area contributed by atoms with Gasteiger partial charge in [0.05, 0.1) is 11.9 Å². The van der Waals surface area contributed by atoms with Gasteiger partial charge in [0, 0.05) is 49.3 Å². The second-order valence-electron chi connectivity index (χ2n) is 12.7. The van der Waals surface area contributed by atoms with E-state index in [-0.39, 0.29) is 11.6 Å². The fourth-order valence-electron chi connectivity index (χ4n) is 7.10. The van der Waals surface area contributed by atoms with E-state index in [1.165, 1.54) is 11.8 Å². The third-order valence-corrected chi connectivity index (χ3v) is 10.8. The van der Waals surface area contributed by atoms with Gasteiger partial charge in [-0.05, 0) is 52.2 Å². The molecule has 43 heavy (non-hydrogen) atoms. The summed E-state index contributed by atoms with van der Waals surface area (Å²) in [5.74, 6) is -3.82. The van der Waals surface area contributed by atoms with Gasteiger partial charge in [0.25, 0.3) is 0 Å². The summed E-state index contributed by atoms with van der Waals surface area (Å²) in [6.45, 7) is 13.1. The molecule has 2 aliphatic heterocycles. The lowest BCUT2D eigenvalue weighted by Gasteiger charge is -2.41. The zero-order valence-corrected chi connectivity index (χ0v) is 27.3. The third-order valence-electron chi connectivity index (χ3n) is 9.52. The van der Waals surface area contributed by atoms with Crippen LogP contribution in [0.3, 0.4) is 0 Å². The van der Waals surface area contributed by atoms with Crippen molar-refractivity contribution in [1.29, 1.82) is 0 Å². The molecule has 0 amide bonds. The maximum absolute atomic E-state index is 14.1. The lowest BCUT2D eigenvalue weighted by Crippen LogP contribution is -2.53. The first-order valence-electron chi connectivity index (χ1n) is 15.2. The summed E-state index contributed by atoms with van der Waals surface area (Å²) >= 11 is 1.43. The highest BCUT2D eigenvalue weighted by atomic mass is 32.2. The number of carbonyl (C=O) groups excluding carboxylic acids is 4. The Morgan fingerprint density at radius 1 is 1.02 bits per heavy atom. The first-order chi connectivity index (χ1) is 20.3. The summed E-state index contributed by atoms with van der Waals surface area (Å²) in [4.78, 5) is 63.1. The van der Waals surface area contributed by atoms with Crippen LogP contribution in [0.2, 0.25) is 0 Å². The molecule has 2 fully saturated rings. The Kier molecular flexibility index (Phi) is 10.1. The lowest BCUT2D eigenvalue weighted by atomic mass is 9.70. The number of aryl methyl sites for hydroxylation is 1. The molecule has 4 rings (SSSR count). The highest BCUT2D eigenvalue weighted by Crippen LogP contribution is 2.48. The fraction of sp³-hybridized carbons (Fsp3) is 0.688. The largest absolute Gasteiger partial charge is 0.458 e. The minimum absolute atomic E-state index is 0.0150. The lowest BCUT2D eigenvalue weighted by molar-refractivity contribution is -0.183. The molecule has 0 aromatic carbocycles. The summed E-state index contributed by atoms with van der Waals surface area (Å²) in [6.07, 6.45) is 3.73. The molecule has 0 bridgehead atoms. The van der Waals surface area contributed by atoms with Crippen LogP contribution in [-0.2, 0) is 39.9 Å². The maximum Gasteiger partial charge on any atom is 0.320 e. The number of rotatable bonds is 6. The quantitative estimate of drug-likeness (QED) is 0.334. The van der Waals surface area contributed by atoms with E-state index in [1.807, 2.05) is 44.4 Å². The van der Waals surface area contributed by atoms with Crippen molar-refractivity contribution in [3.63, 3.8) is 0 Å². The van der Waals surface area contributed by atoms with Gasteiger partial charge in [-0.1, -0.05) is 27.7 Å². The molecule has 0 N–H and O–H groups in total. The standard InChI is InChI=1S/C32H45N3O7S/c1-9-23-32(7)24(27(30(39)42-32)43-14-13-35-17-34-22-11-10-12-33-28(22)35)20(4)25(36)18(2)15-31(6,40-8)16-19(3)26(37)21(5)29(38)41-23/h10-12,17-21,23-24,27H,9,13-16H2,1-8H3. The molecule has 0 saturated carbocycles. The number of imidazole rings is 1. The Morgan fingerprint density at radius 3 is 2.35 bits per heavy atom. The number of hydrogen-bond acceptors (Lipinski definition) is 10. The van der Waals surface area contributed by atoms with Crippen molar-refractivity contribution in [3.8, 4) is 0 Å². The zero-order chi connectivity index (χ0) is 31.7. The van der Waals surface area contributed by atoms with Crippen molar-refractivity contribution in [3.05, 3.63) is 24.7 Å². The molecule has 236 valence electrons. The molecule has 0 aliphatic carbocycles. The van der Waals surface area contributed by atoms with Gasteiger partial charge in [0.15, 0.2) is 11.2 Å². The van der Waals surface area contributed by atoms with E-state index in [9.17, 15) is 19.2 Å². The topological polar surface area (TPSA) is 127 Å². The number of ketones is 2. The monoisotopic (exact) mass is 615 g/mol. The number of aromatic nitrogens is 3. The molecule has 10 nitrogen and oxygen atoms in total. The van der Waals surface area contributed by atoms with Crippen molar-refractivity contribution in [1.82, 2.24) is 14.5 Å². The molecule has 0 radical (unpaired) electrons. The van der Waals surface area contributed by atoms with Crippen LogP contribution in [0, 0.1) is 29.6 Å². The zero-order valence-electron chi connectivity index (χ0n) is 26.5. The van der Waals surface area contributed by atoms with Crippen LogP contribution < -0.4 is 0 Å². The van der Waals surface area contributed by atoms with Gasteiger partial charge >= 0.3 is 11.9 Å². The molecule has 0 spiro atoms. The number of cyclic esters (lactones) is 1. The first-order valence-corrected chi connectivity index (χ1v) is 16.2. The fourth-order valence-corrected chi connectivity index (χ4v) is 8.56. The average molecular weight is 616 g/mol. The summed E-state index contributed by atoms with van der Waals surface area (Å²) in [6, 6.07) is 3.73. The number of pyridine rings is 1. The molecule has 2 aromatic rings. The normalized spacial score (nSPS) is 36.2. The molecule has 11 heteroatoms. The second-order valence-corrected chi connectivity index (χ2v) is 14.0. The number of carbonyl (C=O) groups is 4. The van der Waals surface area contributed by atoms with Crippen LogP contribution >= 0.6 is 11.8 Å². The Labute approximate surface area is 258 Å². The molecule has 9 atom stereocenters. The van der Waals surface area contributed by atoms with E-state index in [0.717, 1.165) is 11.2 Å². The number of fused-ring (bicyclic) bond motifs is 2. The highest BCUT2D eigenvalue weighted by Gasteiger charge is 2.61.